The van der Waals surface area contributed by atoms with Gasteiger partial charge >= 0.3 is 0 Å². The standard InChI is InChI=1S/C20H22N2O2/c1-3-13-12-22-9-7-14(13)10-19(22)20(23)16-6-8-21-18-5-4-15(24-2)11-17(16)18/h3-6,8,11,13-14,19H,1,7,9-10,12H2,2H3/p+1/t13-,14-,19+/m0/s1. The van der Waals surface area contributed by atoms with Crippen LogP contribution < -0.4 is 9.64 Å². The number of aromatic nitrogens is 1. The lowest BCUT2D eigenvalue weighted by Crippen LogP contribution is -3.20. The maximum atomic E-state index is 13.3. The minimum atomic E-state index is 0.0664. The summed E-state index contributed by atoms with van der Waals surface area (Å²) in [4.78, 5) is 19.1. The van der Waals surface area contributed by atoms with Gasteiger partial charge in [-0.3, -0.25) is 9.78 Å². The Labute approximate surface area is 142 Å². The second-order valence-corrected chi connectivity index (χ2v) is 6.95. The molecule has 3 saturated heterocycles. The summed E-state index contributed by atoms with van der Waals surface area (Å²) >= 11 is 0. The highest BCUT2D eigenvalue weighted by Crippen LogP contribution is 2.30. The predicted molar refractivity (Wildman–Crippen MR) is 93.5 cm³/mol. The largest absolute Gasteiger partial charge is 0.497 e. The number of quaternary nitrogens is 1. The number of nitrogens with one attached hydrogen (secondary N) is 1. The zero-order chi connectivity index (χ0) is 16.7. The van der Waals surface area contributed by atoms with Crippen LogP contribution in [0.2, 0.25) is 0 Å². The van der Waals surface area contributed by atoms with E-state index in [1.807, 2.05) is 24.3 Å². The number of fused-ring (bicyclic) bond motifs is 4. The van der Waals surface area contributed by atoms with Crippen LogP contribution in [-0.4, -0.2) is 37.0 Å². The summed E-state index contributed by atoms with van der Waals surface area (Å²) in [7, 11) is 1.64. The van der Waals surface area contributed by atoms with Gasteiger partial charge in [-0.2, -0.15) is 0 Å². The predicted octanol–water partition coefficient (Wildman–Crippen LogP) is 1.91. The molecule has 3 aliphatic rings. The third-order valence-corrected chi connectivity index (χ3v) is 5.80. The first-order valence-electron chi connectivity index (χ1n) is 8.65. The van der Waals surface area contributed by atoms with Gasteiger partial charge in [0.15, 0.2) is 6.04 Å². The smallest absolute Gasteiger partial charge is 0.220 e. The summed E-state index contributed by atoms with van der Waals surface area (Å²) in [5.74, 6) is 2.18. The number of nitrogens with zero attached hydrogens (tertiary/aromatic N) is 1. The number of pyridine rings is 1. The van der Waals surface area contributed by atoms with Crippen LogP contribution in [0.4, 0.5) is 0 Å². The fraction of sp³-hybridized carbons (Fsp3) is 0.400. The van der Waals surface area contributed by atoms with Crippen molar-refractivity contribution in [3.05, 3.63) is 48.7 Å². The Hall–Kier alpha value is -2.20. The summed E-state index contributed by atoms with van der Waals surface area (Å²) in [6.07, 6.45) is 6.00. The van der Waals surface area contributed by atoms with Gasteiger partial charge in [0.25, 0.3) is 0 Å². The van der Waals surface area contributed by atoms with Gasteiger partial charge < -0.3 is 9.64 Å². The highest BCUT2D eigenvalue weighted by atomic mass is 16.5. The molecule has 3 fully saturated rings. The van der Waals surface area contributed by atoms with Crippen LogP contribution in [0.25, 0.3) is 10.9 Å². The molecule has 0 aliphatic carbocycles. The Morgan fingerprint density at radius 2 is 2.29 bits per heavy atom. The molecular weight excluding hydrogens is 300 g/mol. The fourth-order valence-electron chi connectivity index (χ4n) is 4.46. The van der Waals surface area contributed by atoms with E-state index in [0.29, 0.717) is 11.8 Å². The zero-order valence-corrected chi connectivity index (χ0v) is 14.0. The van der Waals surface area contributed by atoms with E-state index in [4.69, 9.17) is 4.74 Å². The molecule has 4 nitrogen and oxygen atoms in total. The van der Waals surface area contributed by atoms with E-state index in [-0.39, 0.29) is 11.8 Å². The van der Waals surface area contributed by atoms with E-state index in [0.717, 1.165) is 41.7 Å². The van der Waals surface area contributed by atoms with E-state index in [1.54, 1.807) is 13.3 Å². The summed E-state index contributed by atoms with van der Waals surface area (Å²) in [6.45, 7) is 6.10. The van der Waals surface area contributed by atoms with Crippen molar-refractivity contribution in [2.45, 2.75) is 18.9 Å². The Kier molecular flexibility index (Phi) is 3.85. The van der Waals surface area contributed by atoms with Gasteiger partial charge in [0.1, 0.15) is 5.75 Å². The van der Waals surface area contributed by atoms with Gasteiger partial charge in [-0.25, -0.2) is 0 Å². The molecular formula is C20H23N2O2+. The summed E-state index contributed by atoms with van der Waals surface area (Å²) in [6, 6.07) is 7.65. The summed E-state index contributed by atoms with van der Waals surface area (Å²) in [5.41, 5.74) is 1.62. The van der Waals surface area contributed by atoms with Crippen LogP contribution >= 0.6 is 0 Å². The van der Waals surface area contributed by atoms with Gasteiger partial charge in [-0.15, -0.1) is 6.58 Å². The molecule has 4 atom stereocenters. The number of carbonyl (C=O) groups excluding carboxylic acids is 1. The quantitative estimate of drug-likeness (QED) is 0.690. The van der Waals surface area contributed by atoms with E-state index in [2.05, 4.69) is 17.6 Å². The van der Waals surface area contributed by atoms with Crippen LogP contribution in [0.1, 0.15) is 23.2 Å². The maximum absolute atomic E-state index is 13.3. The normalized spacial score (nSPS) is 28.7. The molecule has 2 bridgehead atoms. The van der Waals surface area contributed by atoms with Crippen molar-refractivity contribution in [1.82, 2.24) is 4.98 Å². The van der Waals surface area contributed by atoms with Gasteiger partial charge in [-0.1, -0.05) is 6.08 Å². The van der Waals surface area contributed by atoms with Gasteiger partial charge in [0.05, 0.1) is 25.7 Å². The molecule has 24 heavy (non-hydrogen) atoms. The molecule has 0 saturated carbocycles. The number of hydrogen-bond donors (Lipinski definition) is 1. The number of hydrogen-bond acceptors (Lipinski definition) is 3. The lowest BCUT2D eigenvalue weighted by molar-refractivity contribution is -0.935. The SMILES string of the molecule is C=C[C@H]1C[NH+]2CC[C@H]1C[C@@H]2C(=O)c1ccnc2ccc(OC)cc12. The second kappa shape index (κ2) is 6.02. The first kappa shape index (κ1) is 15.3. The Morgan fingerprint density at radius 1 is 1.42 bits per heavy atom. The number of ether oxygens (including phenoxy) is 1. The topological polar surface area (TPSA) is 43.6 Å². The van der Waals surface area contributed by atoms with Gasteiger partial charge in [-0.05, 0) is 30.2 Å². The third kappa shape index (κ3) is 2.42. The lowest BCUT2D eigenvalue weighted by atomic mass is 9.74. The highest BCUT2D eigenvalue weighted by Gasteiger charge is 2.45. The van der Waals surface area contributed by atoms with Crippen molar-refractivity contribution in [1.29, 1.82) is 0 Å². The molecule has 0 amide bonds. The van der Waals surface area contributed by atoms with Crippen molar-refractivity contribution in [3.8, 4) is 5.75 Å². The molecule has 1 unspecified atom stereocenters. The van der Waals surface area contributed by atoms with Crippen LogP contribution in [0, 0.1) is 11.8 Å². The Morgan fingerprint density at radius 3 is 3.00 bits per heavy atom. The molecule has 3 aliphatic heterocycles. The maximum Gasteiger partial charge on any atom is 0.220 e. The number of methoxy groups -OCH3 is 1. The first-order valence-corrected chi connectivity index (χ1v) is 8.65. The van der Waals surface area contributed by atoms with Gasteiger partial charge in [0.2, 0.25) is 5.78 Å². The van der Waals surface area contributed by atoms with Gasteiger partial charge in [0, 0.05) is 35.9 Å². The van der Waals surface area contributed by atoms with Crippen LogP contribution in [0.3, 0.4) is 0 Å². The average Bonchev–Trinajstić information content (AvgIpc) is 2.66. The fourth-order valence-corrected chi connectivity index (χ4v) is 4.46. The minimum Gasteiger partial charge on any atom is -0.497 e. The van der Waals surface area contributed by atoms with Crippen molar-refractivity contribution in [2.75, 3.05) is 20.2 Å². The Bertz CT molecular complexity index is 801. The molecule has 0 spiro atoms. The second-order valence-electron chi connectivity index (χ2n) is 6.95. The minimum absolute atomic E-state index is 0.0664. The number of ketones is 1. The molecule has 1 aromatic heterocycles. The van der Waals surface area contributed by atoms with Crippen molar-refractivity contribution in [2.24, 2.45) is 11.8 Å². The van der Waals surface area contributed by atoms with Crippen LogP contribution in [0.15, 0.2) is 43.1 Å². The molecule has 0 radical (unpaired) electrons. The van der Waals surface area contributed by atoms with E-state index in [9.17, 15) is 4.79 Å². The number of benzene rings is 1. The van der Waals surface area contributed by atoms with Crippen molar-refractivity contribution in [3.63, 3.8) is 0 Å². The monoisotopic (exact) mass is 323 g/mol. The molecule has 5 rings (SSSR count). The van der Waals surface area contributed by atoms with E-state index < -0.39 is 0 Å². The molecule has 1 aromatic carbocycles. The first-order chi connectivity index (χ1) is 11.7. The molecule has 4 heterocycles. The number of carbonyl (C=O) groups is 1. The summed E-state index contributed by atoms with van der Waals surface area (Å²) < 4.78 is 5.33. The molecule has 4 heteroatoms. The zero-order valence-electron chi connectivity index (χ0n) is 14.0. The van der Waals surface area contributed by atoms with Crippen LogP contribution in [0.5, 0.6) is 5.75 Å². The Balaban J connectivity index is 1.70. The number of piperidine rings is 3. The molecule has 124 valence electrons. The molecule has 2 aromatic rings. The van der Waals surface area contributed by atoms with Crippen LogP contribution in [-0.2, 0) is 0 Å². The highest BCUT2D eigenvalue weighted by molar-refractivity contribution is 6.09. The number of rotatable bonds is 4. The average molecular weight is 323 g/mol. The lowest BCUT2D eigenvalue weighted by Gasteiger charge is -2.45. The van der Waals surface area contributed by atoms with Crippen molar-refractivity contribution >= 4 is 16.7 Å². The summed E-state index contributed by atoms with van der Waals surface area (Å²) in [5, 5.41) is 0.893. The van der Waals surface area contributed by atoms with Crippen molar-refractivity contribution < 1.29 is 14.4 Å². The molecule has 1 N–H and O–H groups in total. The third-order valence-electron chi connectivity index (χ3n) is 5.80. The van der Waals surface area contributed by atoms with E-state index in [1.165, 1.54) is 11.3 Å². The number of Topliss-reactive ketones (excluding diaryl/α,β-unsaturated/α-hetero) is 1. The van der Waals surface area contributed by atoms with E-state index >= 15 is 0 Å².